The van der Waals surface area contributed by atoms with E-state index in [1.807, 2.05) is 0 Å². The van der Waals surface area contributed by atoms with E-state index < -0.39 is 0 Å². The van der Waals surface area contributed by atoms with Gasteiger partial charge in [0.1, 0.15) is 0 Å². The fraction of sp³-hybridized carbons (Fsp3) is 0.743. The summed E-state index contributed by atoms with van der Waals surface area (Å²) in [5.41, 5.74) is 7.38. The molecule has 0 fully saturated rings. The number of hydrogen-bond donors (Lipinski definition) is 0. The van der Waals surface area contributed by atoms with Crippen molar-refractivity contribution in [3.63, 3.8) is 0 Å². The van der Waals surface area contributed by atoms with E-state index >= 15 is 0 Å². The molecule has 0 saturated heterocycles. The number of allylic oxidation sites excluding steroid dienone is 4. The number of aryl methyl sites for hydroxylation is 2. The smallest absolute Gasteiger partial charge is 0.0665 e. The molecular weight excluding hydrogens is 927 g/mol. The van der Waals surface area contributed by atoms with Crippen LogP contribution in [0.2, 0.25) is 0 Å². The third-order valence-electron chi connectivity index (χ3n) is 15.3. The largest absolute Gasteiger partial charge is 0.251 e. The Morgan fingerprint density at radius 1 is 0.288 bits per heavy atom. The Kier molecular flexibility index (Phi) is 51.4. The van der Waals surface area contributed by atoms with Crippen molar-refractivity contribution in [2.75, 3.05) is 0 Å². The number of hydrogen-bond acceptors (Lipinski definition) is 2. The van der Waals surface area contributed by atoms with Crippen molar-refractivity contribution in [2.45, 2.75) is 336 Å². The third kappa shape index (κ3) is 41.6. The van der Waals surface area contributed by atoms with Crippen LogP contribution in [-0.4, -0.2) is 11.4 Å². The van der Waals surface area contributed by atoms with Gasteiger partial charge in [0.15, 0.2) is 0 Å². The molecule has 0 amide bonds. The maximum Gasteiger partial charge on any atom is 0.0665 e. The zero-order valence-corrected chi connectivity index (χ0v) is 50.1. The summed E-state index contributed by atoms with van der Waals surface area (Å²) in [6, 6.07) is 17.8. The fourth-order valence-electron chi connectivity index (χ4n) is 10.4. The molecule has 73 heavy (non-hydrogen) atoms. The Morgan fingerprint density at radius 3 is 0.795 bits per heavy atom. The maximum absolute atomic E-state index is 5.49. The SMILES string of the molecule is CCCCCCCCCCCCCCCCCCCCC=CCCc1ccccc1N=C(CCCC)C(CCCC)=Nc1ccccc1CCC=CCCCCCCCCCCCCCCCCCCCC.[Ni]. The molecule has 0 radical (unpaired) electrons. The molecule has 0 bridgehead atoms. The molecule has 3 heteroatoms. The first kappa shape index (κ1) is 68.8. The van der Waals surface area contributed by atoms with E-state index in [1.165, 1.54) is 267 Å². The molecule has 0 heterocycles. The number of benzene rings is 2. The maximum atomic E-state index is 5.49. The summed E-state index contributed by atoms with van der Waals surface area (Å²) in [6.07, 6.45) is 74.6. The van der Waals surface area contributed by atoms with Crippen LogP contribution >= 0.6 is 0 Å². The van der Waals surface area contributed by atoms with E-state index in [4.69, 9.17) is 9.98 Å². The first-order valence-corrected chi connectivity index (χ1v) is 32.3. The second kappa shape index (κ2) is 54.5. The van der Waals surface area contributed by atoms with Gasteiger partial charge in [-0.05, 0) is 100 Å². The van der Waals surface area contributed by atoms with Crippen LogP contribution in [0.4, 0.5) is 11.4 Å². The number of nitrogens with zero attached hydrogens (tertiary/aromatic N) is 2. The summed E-state index contributed by atoms with van der Waals surface area (Å²) >= 11 is 0. The van der Waals surface area contributed by atoms with Gasteiger partial charge in [0.2, 0.25) is 0 Å². The molecule has 2 aromatic rings. The fourth-order valence-corrected chi connectivity index (χ4v) is 10.4. The minimum absolute atomic E-state index is 0. The quantitative estimate of drug-likeness (QED) is 0.0273. The van der Waals surface area contributed by atoms with Crippen molar-refractivity contribution in [1.29, 1.82) is 0 Å². The van der Waals surface area contributed by atoms with Crippen LogP contribution in [0, 0.1) is 0 Å². The van der Waals surface area contributed by atoms with Gasteiger partial charge in [-0.1, -0.05) is 320 Å². The normalized spacial score (nSPS) is 12.2. The van der Waals surface area contributed by atoms with Crippen LogP contribution < -0.4 is 0 Å². The van der Waals surface area contributed by atoms with Gasteiger partial charge in [-0.3, -0.25) is 9.98 Å². The van der Waals surface area contributed by atoms with Gasteiger partial charge < -0.3 is 0 Å². The molecule has 0 aromatic heterocycles. The van der Waals surface area contributed by atoms with Crippen molar-refractivity contribution in [1.82, 2.24) is 0 Å². The van der Waals surface area contributed by atoms with E-state index in [0.29, 0.717) is 0 Å². The van der Waals surface area contributed by atoms with Gasteiger partial charge in [-0.15, -0.1) is 0 Å². The Bertz CT molecular complexity index is 1470. The average molecular weight is 1050 g/mol. The van der Waals surface area contributed by atoms with Crippen molar-refractivity contribution < 1.29 is 16.5 Å². The van der Waals surface area contributed by atoms with Crippen molar-refractivity contribution in [2.24, 2.45) is 9.98 Å². The summed E-state index contributed by atoms with van der Waals surface area (Å²) in [5.74, 6) is 0. The van der Waals surface area contributed by atoms with Crippen LogP contribution in [0.5, 0.6) is 0 Å². The van der Waals surface area contributed by atoms with Gasteiger partial charge in [0, 0.05) is 16.5 Å². The van der Waals surface area contributed by atoms with E-state index in [0.717, 1.165) is 75.6 Å². The van der Waals surface area contributed by atoms with E-state index in [-0.39, 0.29) is 16.5 Å². The number of aliphatic imine (C=N–C) groups is 2. The monoisotopic (exact) mass is 1050 g/mol. The molecule has 0 aliphatic carbocycles. The summed E-state index contributed by atoms with van der Waals surface area (Å²) < 4.78 is 0. The second-order valence-corrected chi connectivity index (χ2v) is 22.2. The Labute approximate surface area is 466 Å². The molecule has 0 aliphatic rings. The first-order chi connectivity index (χ1) is 35.7. The predicted octanol–water partition coefficient (Wildman–Crippen LogP) is 24.8. The Hall–Kier alpha value is -2.25. The van der Waals surface area contributed by atoms with Crippen LogP contribution in [0.15, 0.2) is 82.8 Å². The van der Waals surface area contributed by atoms with Gasteiger partial charge in [0.25, 0.3) is 0 Å². The molecule has 2 rings (SSSR count). The summed E-state index contributed by atoms with van der Waals surface area (Å²) in [5, 5.41) is 0. The van der Waals surface area contributed by atoms with Gasteiger partial charge in [-0.25, -0.2) is 0 Å². The zero-order chi connectivity index (χ0) is 51.3. The molecular formula is C70H120N2Ni. The average Bonchev–Trinajstić information content (AvgIpc) is 3.40. The predicted molar refractivity (Wildman–Crippen MR) is 328 cm³/mol. The molecule has 0 N–H and O–H groups in total. The molecule has 0 saturated carbocycles. The molecule has 0 unspecified atom stereocenters. The second-order valence-electron chi connectivity index (χ2n) is 22.2. The molecule has 2 nitrogen and oxygen atoms in total. The van der Waals surface area contributed by atoms with Crippen molar-refractivity contribution in [3.8, 4) is 0 Å². The van der Waals surface area contributed by atoms with Crippen LogP contribution in [0.3, 0.4) is 0 Å². The standard InChI is InChI=1S/C70H120N2.Ni/c1-5-9-13-15-17-19-21-23-25-27-29-31-33-35-37-39-41-43-45-47-49-51-57-65-59-53-55-63-67(65)71-69(61-11-7-3)70(62-12-8-4)72-68-64-56-54-60-66(68)58-52-50-48-46-44-42-40-38-36-34-32-30-28-26-24-22-20-18-16-14-10-6-2;/h47-50,53-56,59-60,63-64H,5-46,51-52,57-58,61-62H2,1-4H3;. The summed E-state index contributed by atoms with van der Waals surface area (Å²) in [6.45, 7) is 9.21. The van der Waals surface area contributed by atoms with E-state index in [2.05, 4.69) is 101 Å². The minimum atomic E-state index is 0. The van der Waals surface area contributed by atoms with E-state index in [1.54, 1.807) is 0 Å². The Morgan fingerprint density at radius 2 is 0.521 bits per heavy atom. The topological polar surface area (TPSA) is 24.7 Å². The van der Waals surface area contributed by atoms with Crippen molar-refractivity contribution >= 4 is 22.8 Å². The molecule has 0 aliphatic heterocycles. The van der Waals surface area contributed by atoms with E-state index in [9.17, 15) is 0 Å². The molecule has 2 aromatic carbocycles. The van der Waals surface area contributed by atoms with Crippen LogP contribution in [-0.2, 0) is 29.3 Å². The van der Waals surface area contributed by atoms with Gasteiger partial charge in [0.05, 0.1) is 22.8 Å². The summed E-state index contributed by atoms with van der Waals surface area (Å²) in [4.78, 5) is 11.0. The minimum Gasteiger partial charge on any atom is -0.251 e. The number of unbranched alkanes of at least 4 members (excludes halogenated alkanes) is 38. The molecule has 420 valence electrons. The van der Waals surface area contributed by atoms with Gasteiger partial charge in [-0.2, -0.15) is 0 Å². The van der Waals surface area contributed by atoms with Crippen molar-refractivity contribution in [3.05, 3.63) is 84.0 Å². The van der Waals surface area contributed by atoms with Gasteiger partial charge >= 0.3 is 0 Å². The Balaban J connectivity index is 0.0000266. The molecule has 0 atom stereocenters. The number of rotatable bonds is 53. The van der Waals surface area contributed by atoms with Crippen LogP contribution in [0.1, 0.15) is 334 Å². The summed E-state index contributed by atoms with van der Waals surface area (Å²) in [7, 11) is 0. The molecule has 0 spiro atoms. The first-order valence-electron chi connectivity index (χ1n) is 32.3. The van der Waals surface area contributed by atoms with Crippen LogP contribution in [0.25, 0.3) is 0 Å². The zero-order valence-electron chi connectivity index (χ0n) is 49.1. The third-order valence-corrected chi connectivity index (χ3v) is 15.3. The number of para-hydroxylation sites is 2.